The number of nitrogens with two attached hydrogens (primary N) is 1. The minimum atomic E-state index is -0.0505. The maximum atomic E-state index is 5.47. The molecule has 0 saturated carbocycles. The van der Waals surface area contributed by atoms with Crippen molar-refractivity contribution in [2.75, 3.05) is 26.7 Å². The molecular formula is C7H14BN3O. The van der Waals surface area contributed by atoms with Crippen molar-refractivity contribution in [2.45, 2.75) is 12.1 Å². The highest BCUT2D eigenvalue weighted by molar-refractivity contribution is 6.13. The van der Waals surface area contributed by atoms with Gasteiger partial charge in [0.25, 0.3) is 0 Å². The third kappa shape index (κ3) is 3.23. The molecule has 0 aromatic rings. The normalized spacial score (nSPS) is 28.5. The molecule has 0 spiro atoms. The molecule has 4 nitrogen and oxygen atoms in total. The lowest BCUT2D eigenvalue weighted by atomic mass is 10.0. The zero-order valence-electron chi connectivity index (χ0n) is 7.31. The number of epoxide rings is 1. The Morgan fingerprint density at radius 3 is 2.92 bits per heavy atom. The molecule has 1 rings (SSSR count). The first-order valence-electron chi connectivity index (χ1n) is 4.03. The molecule has 1 fully saturated rings. The van der Waals surface area contributed by atoms with Gasteiger partial charge in [-0.15, -0.1) is 0 Å². The van der Waals surface area contributed by atoms with Crippen LogP contribution in [0.4, 0.5) is 0 Å². The fraction of sp³-hybridized carbons (Fsp3) is 0.857. The van der Waals surface area contributed by atoms with Gasteiger partial charge in [0.1, 0.15) is 7.85 Å². The molecule has 1 heterocycles. The third-order valence-corrected chi connectivity index (χ3v) is 1.83. The summed E-state index contributed by atoms with van der Waals surface area (Å²) in [6.07, 6.45) is 1.55. The van der Waals surface area contributed by atoms with Crippen molar-refractivity contribution in [3.63, 3.8) is 0 Å². The molecule has 66 valence electrons. The Labute approximate surface area is 74.2 Å². The van der Waals surface area contributed by atoms with Crippen LogP contribution in [-0.2, 0) is 4.74 Å². The van der Waals surface area contributed by atoms with Crippen LogP contribution in [0.3, 0.4) is 0 Å². The lowest BCUT2D eigenvalue weighted by molar-refractivity contribution is 0.289. The number of ether oxygens (including phenoxy) is 1. The highest BCUT2D eigenvalue weighted by Gasteiger charge is 2.33. The minimum Gasteiger partial charge on any atom is -0.390 e. The van der Waals surface area contributed by atoms with Crippen LogP contribution >= 0.6 is 0 Å². The maximum absolute atomic E-state index is 5.47. The number of hydrogen-bond donors (Lipinski definition) is 1. The molecule has 0 bridgehead atoms. The van der Waals surface area contributed by atoms with Crippen LogP contribution in [0.2, 0.25) is 0 Å². The molecule has 0 amide bonds. The van der Waals surface area contributed by atoms with E-state index in [4.69, 9.17) is 18.3 Å². The van der Waals surface area contributed by atoms with Gasteiger partial charge in [-0.25, -0.2) is 0 Å². The quantitative estimate of drug-likeness (QED) is 0.242. The first-order valence-corrected chi connectivity index (χ1v) is 4.03. The topological polar surface area (TPSA) is 54.1 Å². The predicted octanol–water partition coefficient (Wildman–Crippen LogP) is -1.20. The van der Waals surface area contributed by atoms with Crippen molar-refractivity contribution in [1.82, 2.24) is 4.90 Å². The van der Waals surface area contributed by atoms with Gasteiger partial charge < -0.3 is 15.4 Å². The Balaban J connectivity index is 2.00. The van der Waals surface area contributed by atoms with Gasteiger partial charge >= 0.3 is 0 Å². The molecule has 2 radical (unpaired) electrons. The standard InChI is InChI=1S/C7H14BN3O/c1-11(3-2-10-5-9)4-6-7(8)12-6/h5-7H,2-4H2,1H3,(H2,9,10). The van der Waals surface area contributed by atoms with E-state index in [1.165, 1.54) is 6.34 Å². The van der Waals surface area contributed by atoms with Gasteiger partial charge in [-0.2, -0.15) is 0 Å². The third-order valence-electron chi connectivity index (χ3n) is 1.83. The van der Waals surface area contributed by atoms with Gasteiger partial charge in [0.2, 0.25) is 0 Å². The van der Waals surface area contributed by atoms with Crippen molar-refractivity contribution < 1.29 is 4.74 Å². The molecule has 0 aromatic carbocycles. The Morgan fingerprint density at radius 1 is 1.75 bits per heavy atom. The number of rotatable bonds is 5. The van der Waals surface area contributed by atoms with Gasteiger partial charge in [-0.1, -0.05) is 0 Å². The Kier molecular flexibility index (Phi) is 3.56. The number of nitrogens with zero attached hydrogens (tertiary/aromatic N) is 2. The summed E-state index contributed by atoms with van der Waals surface area (Å²) in [5.74, 6) is 0. The fourth-order valence-electron chi connectivity index (χ4n) is 1.00. The first-order chi connectivity index (χ1) is 5.74. The molecular weight excluding hydrogens is 153 g/mol. The van der Waals surface area contributed by atoms with E-state index in [0.29, 0.717) is 0 Å². The van der Waals surface area contributed by atoms with Gasteiger partial charge in [0.15, 0.2) is 0 Å². The second-order valence-electron chi connectivity index (χ2n) is 2.96. The highest BCUT2D eigenvalue weighted by atomic mass is 16.6. The minimum absolute atomic E-state index is 0.0505. The van der Waals surface area contributed by atoms with E-state index in [1.807, 2.05) is 7.05 Å². The van der Waals surface area contributed by atoms with Gasteiger partial charge in [0.05, 0.1) is 19.0 Å². The van der Waals surface area contributed by atoms with Crippen LogP contribution in [0.15, 0.2) is 4.99 Å². The number of aliphatic imine (C=N–C) groups is 1. The molecule has 2 unspecified atom stereocenters. The van der Waals surface area contributed by atoms with Crippen molar-refractivity contribution in [3.05, 3.63) is 0 Å². The molecule has 1 aliphatic heterocycles. The van der Waals surface area contributed by atoms with Crippen LogP contribution in [0.5, 0.6) is 0 Å². The molecule has 0 aromatic heterocycles. The number of likely N-dealkylation sites (N-methyl/N-ethyl adjacent to an activating group) is 1. The summed E-state index contributed by atoms with van der Waals surface area (Å²) in [5.41, 5.74) is 5.10. The van der Waals surface area contributed by atoms with E-state index in [2.05, 4.69) is 9.89 Å². The smallest absolute Gasteiger partial charge is 0.112 e. The second-order valence-corrected chi connectivity index (χ2v) is 2.96. The zero-order chi connectivity index (χ0) is 8.97. The molecule has 1 saturated heterocycles. The van der Waals surface area contributed by atoms with Crippen LogP contribution in [0.1, 0.15) is 0 Å². The van der Waals surface area contributed by atoms with Crippen LogP contribution in [0.25, 0.3) is 0 Å². The average Bonchev–Trinajstić information content (AvgIpc) is 2.67. The van der Waals surface area contributed by atoms with Crippen LogP contribution in [0, 0.1) is 0 Å². The summed E-state index contributed by atoms with van der Waals surface area (Å²) in [6.45, 7) is 2.50. The summed E-state index contributed by atoms with van der Waals surface area (Å²) >= 11 is 0. The fourth-order valence-corrected chi connectivity index (χ4v) is 1.00. The molecule has 12 heavy (non-hydrogen) atoms. The molecule has 1 aliphatic rings. The lowest BCUT2D eigenvalue weighted by Crippen LogP contribution is -2.27. The van der Waals surface area contributed by atoms with E-state index in [-0.39, 0.29) is 12.1 Å². The Bertz CT molecular complexity index is 165. The Morgan fingerprint density at radius 2 is 2.42 bits per heavy atom. The molecule has 5 heteroatoms. The summed E-state index contributed by atoms with van der Waals surface area (Å²) in [6, 6.07) is -0.0505. The van der Waals surface area contributed by atoms with E-state index in [9.17, 15) is 0 Å². The van der Waals surface area contributed by atoms with Gasteiger partial charge in [-0.05, 0) is 7.05 Å². The summed E-state index contributed by atoms with van der Waals surface area (Å²) in [5, 5.41) is 0. The zero-order valence-corrected chi connectivity index (χ0v) is 7.31. The summed E-state index contributed by atoms with van der Waals surface area (Å²) < 4.78 is 5.07. The summed E-state index contributed by atoms with van der Waals surface area (Å²) in [4.78, 5) is 6.03. The molecule has 2 N–H and O–H groups in total. The van der Waals surface area contributed by atoms with E-state index in [0.717, 1.165) is 19.6 Å². The van der Waals surface area contributed by atoms with Crippen molar-refractivity contribution in [1.29, 1.82) is 0 Å². The van der Waals surface area contributed by atoms with E-state index in [1.54, 1.807) is 0 Å². The largest absolute Gasteiger partial charge is 0.390 e. The predicted molar refractivity (Wildman–Crippen MR) is 49.5 cm³/mol. The van der Waals surface area contributed by atoms with Crippen LogP contribution < -0.4 is 5.73 Å². The molecule has 2 atom stereocenters. The monoisotopic (exact) mass is 167 g/mol. The number of hydrogen-bond acceptors (Lipinski definition) is 3. The second kappa shape index (κ2) is 4.47. The first kappa shape index (κ1) is 9.54. The summed E-state index contributed by atoms with van der Waals surface area (Å²) in [7, 11) is 7.49. The highest BCUT2D eigenvalue weighted by Crippen LogP contribution is 2.18. The Hall–Kier alpha value is -0.545. The maximum Gasteiger partial charge on any atom is 0.112 e. The molecule has 0 aliphatic carbocycles. The van der Waals surface area contributed by atoms with Crippen LogP contribution in [-0.4, -0.2) is 57.9 Å². The SMILES string of the molecule is [B]C1OC1CN(C)CCN=CN. The van der Waals surface area contributed by atoms with Crippen molar-refractivity contribution in [3.8, 4) is 0 Å². The van der Waals surface area contributed by atoms with E-state index >= 15 is 0 Å². The average molecular weight is 167 g/mol. The van der Waals surface area contributed by atoms with Crippen molar-refractivity contribution in [2.24, 2.45) is 10.7 Å². The van der Waals surface area contributed by atoms with Gasteiger partial charge in [-0.3, -0.25) is 4.99 Å². The van der Waals surface area contributed by atoms with Gasteiger partial charge in [0, 0.05) is 19.1 Å². The van der Waals surface area contributed by atoms with E-state index < -0.39 is 0 Å². The van der Waals surface area contributed by atoms with Crippen molar-refractivity contribution >= 4 is 14.2 Å². The lowest BCUT2D eigenvalue weighted by Gasteiger charge is -2.12.